The van der Waals surface area contributed by atoms with E-state index in [4.69, 9.17) is 0 Å². The molecular formula is C8H12N2O. The molecule has 0 N–H and O–H groups in total. The van der Waals surface area contributed by atoms with Gasteiger partial charge in [-0.3, -0.25) is 4.79 Å². The molecule has 1 aromatic rings. The highest BCUT2D eigenvalue weighted by Crippen LogP contribution is 2.11. The molecule has 1 aromatic heterocycles. The topological polar surface area (TPSA) is 34.9 Å². The van der Waals surface area contributed by atoms with Crippen LogP contribution in [0.15, 0.2) is 6.20 Å². The number of nitrogens with zero attached hydrogens (tertiary/aromatic N) is 2. The first-order valence-electron chi connectivity index (χ1n) is 3.63. The lowest BCUT2D eigenvalue weighted by Gasteiger charge is -1.95. The fraction of sp³-hybridized carbons (Fsp3) is 0.500. The number of aldehydes is 1. The summed E-state index contributed by atoms with van der Waals surface area (Å²) in [5.41, 5.74) is 0.967. The third-order valence-electron chi connectivity index (χ3n) is 1.63. The molecule has 0 radical (unpaired) electrons. The largest absolute Gasteiger partial charge is 0.332 e. The summed E-state index contributed by atoms with van der Waals surface area (Å²) >= 11 is 0. The van der Waals surface area contributed by atoms with Crippen LogP contribution >= 0.6 is 0 Å². The molecule has 1 heterocycles. The second-order valence-corrected chi connectivity index (χ2v) is 2.91. The van der Waals surface area contributed by atoms with Crippen LogP contribution in [0.5, 0.6) is 0 Å². The van der Waals surface area contributed by atoms with Gasteiger partial charge in [-0.15, -0.1) is 0 Å². The average molecular weight is 152 g/mol. The Kier molecular flexibility index (Phi) is 2.08. The molecule has 60 valence electrons. The van der Waals surface area contributed by atoms with Crippen molar-refractivity contribution in [2.45, 2.75) is 19.8 Å². The monoisotopic (exact) mass is 152 g/mol. The summed E-state index contributed by atoms with van der Waals surface area (Å²) in [6, 6.07) is 0. The fourth-order valence-corrected chi connectivity index (χ4v) is 0.892. The molecule has 3 heteroatoms. The average Bonchev–Trinajstić information content (AvgIpc) is 2.31. The van der Waals surface area contributed by atoms with Gasteiger partial charge < -0.3 is 4.57 Å². The molecule has 0 bridgehead atoms. The van der Waals surface area contributed by atoms with E-state index >= 15 is 0 Å². The molecule has 0 aliphatic rings. The van der Waals surface area contributed by atoms with Gasteiger partial charge in [0, 0.05) is 13.2 Å². The highest BCUT2D eigenvalue weighted by atomic mass is 16.1. The van der Waals surface area contributed by atoms with Crippen molar-refractivity contribution in [3.05, 3.63) is 17.7 Å². The van der Waals surface area contributed by atoms with E-state index in [1.165, 1.54) is 0 Å². The number of rotatable bonds is 2. The molecule has 0 atom stereocenters. The van der Waals surface area contributed by atoms with Gasteiger partial charge >= 0.3 is 0 Å². The van der Waals surface area contributed by atoms with Crippen molar-refractivity contribution in [2.75, 3.05) is 0 Å². The van der Waals surface area contributed by atoms with Crippen molar-refractivity contribution in [1.82, 2.24) is 9.55 Å². The minimum absolute atomic E-state index is 0.384. The predicted molar refractivity (Wildman–Crippen MR) is 42.7 cm³/mol. The number of hydrogen-bond acceptors (Lipinski definition) is 2. The Morgan fingerprint density at radius 2 is 2.27 bits per heavy atom. The van der Waals surface area contributed by atoms with Gasteiger partial charge in [-0.2, -0.15) is 0 Å². The quantitative estimate of drug-likeness (QED) is 0.600. The standard InChI is InChI=1S/C8H12N2O/c1-6(2)7-4-10(3)8(5-11)9-7/h4-6H,1-3H3. The highest BCUT2D eigenvalue weighted by Gasteiger charge is 2.06. The van der Waals surface area contributed by atoms with Crippen LogP contribution in [0.4, 0.5) is 0 Å². The Morgan fingerprint density at radius 3 is 2.55 bits per heavy atom. The van der Waals surface area contributed by atoms with Gasteiger partial charge in [-0.25, -0.2) is 4.98 Å². The van der Waals surface area contributed by atoms with E-state index in [9.17, 15) is 4.79 Å². The van der Waals surface area contributed by atoms with Gasteiger partial charge in [0.15, 0.2) is 12.1 Å². The van der Waals surface area contributed by atoms with Crippen molar-refractivity contribution >= 4 is 6.29 Å². The lowest BCUT2D eigenvalue weighted by molar-refractivity contribution is 0.111. The Hall–Kier alpha value is -1.12. The van der Waals surface area contributed by atoms with Gasteiger partial charge in [0.25, 0.3) is 0 Å². The van der Waals surface area contributed by atoms with Crippen molar-refractivity contribution in [3.63, 3.8) is 0 Å². The maximum Gasteiger partial charge on any atom is 0.185 e. The zero-order chi connectivity index (χ0) is 8.43. The third-order valence-corrected chi connectivity index (χ3v) is 1.63. The minimum atomic E-state index is 0.384. The first-order chi connectivity index (χ1) is 5.15. The van der Waals surface area contributed by atoms with Crippen LogP contribution in [0.1, 0.15) is 36.1 Å². The Bertz CT molecular complexity index is 263. The molecule has 0 saturated carbocycles. The molecule has 0 aromatic carbocycles. The van der Waals surface area contributed by atoms with Crippen LogP contribution in [0.3, 0.4) is 0 Å². The number of carbonyl (C=O) groups excluding carboxylic acids is 1. The summed E-state index contributed by atoms with van der Waals surface area (Å²) in [4.78, 5) is 14.5. The second-order valence-electron chi connectivity index (χ2n) is 2.91. The fourth-order valence-electron chi connectivity index (χ4n) is 0.892. The van der Waals surface area contributed by atoms with E-state index in [0.717, 1.165) is 12.0 Å². The number of hydrogen-bond donors (Lipinski definition) is 0. The van der Waals surface area contributed by atoms with E-state index in [1.807, 2.05) is 13.2 Å². The SMILES string of the molecule is CC(C)c1cn(C)c(C=O)n1. The summed E-state index contributed by atoms with van der Waals surface area (Å²) in [5.74, 6) is 0.878. The molecule has 0 amide bonds. The zero-order valence-electron chi connectivity index (χ0n) is 7.03. The van der Waals surface area contributed by atoms with Crippen molar-refractivity contribution in [1.29, 1.82) is 0 Å². The Morgan fingerprint density at radius 1 is 1.64 bits per heavy atom. The number of aryl methyl sites for hydroxylation is 1. The normalized spacial score (nSPS) is 10.5. The summed E-state index contributed by atoms with van der Waals surface area (Å²) < 4.78 is 1.74. The van der Waals surface area contributed by atoms with Crippen LogP contribution in [0, 0.1) is 0 Å². The maximum absolute atomic E-state index is 10.4. The predicted octanol–water partition coefficient (Wildman–Crippen LogP) is 1.36. The smallest absolute Gasteiger partial charge is 0.185 e. The summed E-state index contributed by atoms with van der Waals surface area (Å²) in [6.45, 7) is 4.10. The minimum Gasteiger partial charge on any atom is -0.332 e. The van der Waals surface area contributed by atoms with Crippen molar-refractivity contribution < 1.29 is 4.79 Å². The van der Waals surface area contributed by atoms with Crippen LogP contribution in [-0.4, -0.2) is 15.8 Å². The van der Waals surface area contributed by atoms with Crippen LogP contribution < -0.4 is 0 Å². The first-order valence-corrected chi connectivity index (χ1v) is 3.63. The van der Waals surface area contributed by atoms with Crippen molar-refractivity contribution in [2.24, 2.45) is 7.05 Å². The molecule has 0 aliphatic heterocycles. The van der Waals surface area contributed by atoms with Crippen LogP contribution in [0.25, 0.3) is 0 Å². The van der Waals surface area contributed by atoms with Gasteiger partial charge in [-0.1, -0.05) is 13.8 Å². The Labute approximate surface area is 66.1 Å². The molecule has 1 rings (SSSR count). The number of imidazole rings is 1. The second kappa shape index (κ2) is 2.86. The van der Waals surface area contributed by atoms with E-state index in [0.29, 0.717) is 11.7 Å². The molecule has 0 unspecified atom stereocenters. The molecule has 0 fully saturated rings. The highest BCUT2D eigenvalue weighted by molar-refractivity contribution is 5.69. The van der Waals surface area contributed by atoms with E-state index < -0.39 is 0 Å². The van der Waals surface area contributed by atoms with Gasteiger partial charge in [0.05, 0.1) is 5.69 Å². The number of aromatic nitrogens is 2. The third kappa shape index (κ3) is 1.48. The summed E-state index contributed by atoms with van der Waals surface area (Å²) in [6.07, 6.45) is 2.65. The molecular weight excluding hydrogens is 140 g/mol. The van der Waals surface area contributed by atoms with Crippen LogP contribution in [0.2, 0.25) is 0 Å². The van der Waals surface area contributed by atoms with Crippen molar-refractivity contribution in [3.8, 4) is 0 Å². The van der Waals surface area contributed by atoms with E-state index in [1.54, 1.807) is 4.57 Å². The van der Waals surface area contributed by atoms with Gasteiger partial charge in [0.2, 0.25) is 0 Å². The Balaban J connectivity index is 3.04. The van der Waals surface area contributed by atoms with Crippen LogP contribution in [-0.2, 0) is 7.05 Å². The van der Waals surface area contributed by atoms with Gasteiger partial charge in [0.1, 0.15) is 0 Å². The lowest BCUT2D eigenvalue weighted by Crippen LogP contribution is -1.93. The zero-order valence-corrected chi connectivity index (χ0v) is 7.03. The van der Waals surface area contributed by atoms with E-state index in [2.05, 4.69) is 18.8 Å². The molecule has 0 saturated heterocycles. The van der Waals surface area contributed by atoms with Gasteiger partial charge in [-0.05, 0) is 5.92 Å². The lowest BCUT2D eigenvalue weighted by atomic mass is 10.2. The van der Waals surface area contributed by atoms with E-state index in [-0.39, 0.29) is 0 Å². The molecule has 11 heavy (non-hydrogen) atoms. The summed E-state index contributed by atoms with van der Waals surface area (Å²) in [7, 11) is 1.82. The number of carbonyl (C=O) groups is 1. The molecule has 0 aliphatic carbocycles. The first kappa shape index (κ1) is 7.98. The molecule has 3 nitrogen and oxygen atoms in total. The summed E-state index contributed by atoms with van der Waals surface area (Å²) in [5, 5.41) is 0. The molecule has 0 spiro atoms. The maximum atomic E-state index is 10.4.